The second-order valence-corrected chi connectivity index (χ2v) is 7.68. The molecule has 174 valence electrons. The van der Waals surface area contributed by atoms with Gasteiger partial charge >= 0.3 is 0 Å². The molecular formula is C21H24O11. The lowest BCUT2D eigenvalue weighted by atomic mass is 9.99. The van der Waals surface area contributed by atoms with Crippen LogP contribution in [0.25, 0.3) is 11.0 Å². The Kier molecular flexibility index (Phi) is 6.49. The number of phenols is 1. The zero-order valence-corrected chi connectivity index (χ0v) is 16.9. The molecule has 0 radical (unpaired) electrons. The summed E-state index contributed by atoms with van der Waals surface area (Å²) in [7, 11) is 0. The maximum Gasteiger partial charge on any atom is 0.196 e. The van der Waals surface area contributed by atoms with Gasteiger partial charge in [0.05, 0.1) is 13.2 Å². The van der Waals surface area contributed by atoms with Gasteiger partial charge in [-0.15, -0.1) is 0 Å². The Balaban J connectivity index is 1.54. The predicted molar refractivity (Wildman–Crippen MR) is 107 cm³/mol. The number of hydrogen-bond acceptors (Lipinski definition) is 11. The topological polar surface area (TPSA) is 179 Å². The Hall–Kier alpha value is -2.51. The summed E-state index contributed by atoms with van der Waals surface area (Å²) in [5, 5.41) is 58.7. The number of aliphatic hydroxyl groups excluding tert-OH is 5. The smallest absolute Gasteiger partial charge is 0.196 e. The summed E-state index contributed by atoms with van der Waals surface area (Å²) in [6, 6.07) is 2.43. The van der Waals surface area contributed by atoms with Gasteiger partial charge < -0.3 is 49.3 Å². The van der Waals surface area contributed by atoms with E-state index in [0.29, 0.717) is 16.9 Å². The summed E-state index contributed by atoms with van der Waals surface area (Å²) in [4.78, 5) is 12.3. The van der Waals surface area contributed by atoms with Crippen LogP contribution in [0.5, 0.6) is 11.5 Å². The van der Waals surface area contributed by atoms with Crippen LogP contribution in [0.1, 0.15) is 11.3 Å². The Bertz CT molecular complexity index is 1070. The number of hydrogen-bond donors (Lipinski definition) is 6. The molecule has 11 nitrogen and oxygen atoms in total. The Morgan fingerprint density at radius 1 is 1.09 bits per heavy atom. The zero-order chi connectivity index (χ0) is 23.0. The summed E-state index contributed by atoms with van der Waals surface area (Å²) >= 11 is 0. The predicted octanol–water partition coefficient (Wildman–Crippen LogP) is -1.33. The van der Waals surface area contributed by atoms with Crippen LogP contribution in [0.2, 0.25) is 0 Å². The molecule has 0 saturated carbocycles. The minimum absolute atomic E-state index is 0.0148. The molecule has 0 amide bonds. The summed E-state index contributed by atoms with van der Waals surface area (Å²) < 4.78 is 22.2. The molecule has 0 unspecified atom stereocenters. The first-order valence-electron chi connectivity index (χ1n) is 9.99. The van der Waals surface area contributed by atoms with Crippen molar-refractivity contribution >= 4 is 11.0 Å². The highest BCUT2D eigenvalue weighted by Crippen LogP contribution is 2.36. The highest BCUT2D eigenvalue weighted by atomic mass is 16.7. The molecular weight excluding hydrogens is 428 g/mol. The molecule has 0 aliphatic carbocycles. The number of phenolic OH excluding ortho intramolecular Hbond substituents is 1. The van der Waals surface area contributed by atoms with Crippen LogP contribution in [0.4, 0.5) is 0 Å². The minimum Gasteiger partial charge on any atom is -0.507 e. The van der Waals surface area contributed by atoms with E-state index in [0.717, 1.165) is 6.07 Å². The van der Waals surface area contributed by atoms with Gasteiger partial charge in [-0.25, -0.2) is 0 Å². The lowest BCUT2D eigenvalue weighted by Gasteiger charge is -2.39. The van der Waals surface area contributed by atoms with Gasteiger partial charge in [-0.3, -0.25) is 4.79 Å². The molecule has 2 aliphatic heterocycles. The van der Waals surface area contributed by atoms with Gasteiger partial charge in [0.15, 0.2) is 11.7 Å². The number of aliphatic hydroxyl groups is 5. The molecule has 5 atom stereocenters. The minimum atomic E-state index is -1.55. The van der Waals surface area contributed by atoms with Crippen LogP contribution >= 0.6 is 0 Å². The number of benzene rings is 1. The molecule has 0 bridgehead atoms. The van der Waals surface area contributed by atoms with Crippen molar-refractivity contribution in [3.63, 3.8) is 0 Å². The third-order valence-electron chi connectivity index (χ3n) is 5.54. The van der Waals surface area contributed by atoms with Crippen LogP contribution in [0.15, 0.2) is 33.0 Å². The van der Waals surface area contributed by atoms with Crippen molar-refractivity contribution in [1.29, 1.82) is 0 Å². The van der Waals surface area contributed by atoms with Crippen molar-refractivity contribution < 1.29 is 49.3 Å². The highest BCUT2D eigenvalue weighted by molar-refractivity contribution is 5.88. The Labute approximate surface area is 181 Å². The van der Waals surface area contributed by atoms with E-state index >= 15 is 0 Å². The van der Waals surface area contributed by atoms with E-state index in [1.807, 2.05) is 0 Å². The monoisotopic (exact) mass is 452 g/mol. The quantitative estimate of drug-likeness (QED) is 0.296. The maximum atomic E-state index is 12.3. The lowest BCUT2D eigenvalue weighted by molar-refractivity contribution is -0.299. The average molecular weight is 452 g/mol. The third-order valence-corrected chi connectivity index (χ3v) is 5.54. The van der Waals surface area contributed by atoms with E-state index in [2.05, 4.69) is 0 Å². The molecule has 1 fully saturated rings. The van der Waals surface area contributed by atoms with Crippen LogP contribution in [0.3, 0.4) is 0 Å². The number of allylic oxidation sites excluding steroid dienone is 1. The summed E-state index contributed by atoms with van der Waals surface area (Å²) in [5.74, 6) is 0.0417. The molecule has 3 heterocycles. The van der Waals surface area contributed by atoms with Crippen LogP contribution in [-0.2, 0) is 22.5 Å². The van der Waals surface area contributed by atoms with E-state index in [9.17, 15) is 35.4 Å². The molecule has 2 aromatic rings. The molecule has 1 aromatic carbocycles. The second-order valence-electron chi connectivity index (χ2n) is 7.68. The first-order valence-corrected chi connectivity index (χ1v) is 9.99. The number of aromatic hydroxyl groups is 1. The second kappa shape index (κ2) is 9.16. The van der Waals surface area contributed by atoms with E-state index in [4.69, 9.17) is 18.6 Å². The van der Waals surface area contributed by atoms with Crippen LogP contribution < -0.4 is 10.2 Å². The lowest BCUT2D eigenvalue weighted by Crippen LogP contribution is -2.59. The van der Waals surface area contributed by atoms with E-state index < -0.39 is 49.3 Å². The van der Waals surface area contributed by atoms with Gasteiger partial charge in [0.1, 0.15) is 65.9 Å². The first kappa shape index (κ1) is 22.7. The zero-order valence-electron chi connectivity index (χ0n) is 16.9. The fraction of sp³-hybridized carbons (Fsp3) is 0.476. The highest BCUT2D eigenvalue weighted by Gasteiger charge is 2.44. The van der Waals surface area contributed by atoms with Crippen molar-refractivity contribution in [3.05, 3.63) is 45.3 Å². The summed E-state index contributed by atoms with van der Waals surface area (Å²) in [5.41, 5.74) is 0.762. The standard InChI is InChI=1S/C21H24O11/c22-5-10-3-12(24)16-13(25)4-14-11(20(16)31-10)2-1-9(7-29-14)8-30-21-19(28)18(27)17(26)15(6-23)32-21/h1,3-4,15,17-19,21-23,25-28H,2,5-8H2/t15-,17+,18+,19+,21+/m0/s1. The van der Waals surface area contributed by atoms with Crippen molar-refractivity contribution in [3.8, 4) is 11.5 Å². The van der Waals surface area contributed by atoms with Crippen molar-refractivity contribution in [1.82, 2.24) is 0 Å². The number of rotatable bonds is 5. The van der Waals surface area contributed by atoms with Gasteiger partial charge in [0.25, 0.3) is 0 Å². The summed E-state index contributed by atoms with van der Waals surface area (Å²) in [6.07, 6.45) is -4.90. The molecule has 11 heteroatoms. The fourth-order valence-corrected chi connectivity index (χ4v) is 3.76. The van der Waals surface area contributed by atoms with Crippen molar-refractivity contribution in [2.75, 3.05) is 19.8 Å². The summed E-state index contributed by atoms with van der Waals surface area (Å²) in [6.45, 7) is -1.06. The Morgan fingerprint density at radius 3 is 2.59 bits per heavy atom. The van der Waals surface area contributed by atoms with E-state index in [-0.39, 0.29) is 42.1 Å². The van der Waals surface area contributed by atoms with Gasteiger partial charge in [0, 0.05) is 17.7 Å². The Morgan fingerprint density at radius 2 is 1.88 bits per heavy atom. The normalized spacial score (nSPS) is 28.0. The molecule has 0 spiro atoms. The SMILES string of the molecule is O=c1cc(CO)oc2c3c(cc(O)c12)OCC(CO[C@@H]1O[C@@H](CO)[C@@H](O)[C@@H](O)[C@H]1O)=CC3. The van der Waals surface area contributed by atoms with E-state index in [1.54, 1.807) is 6.08 Å². The number of ether oxygens (including phenoxy) is 3. The third kappa shape index (κ3) is 4.11. The van der Waals surface area contributed by atoms with Gasteiger partial charge in [-0.1, -0.05) is 6.08 Å². The molecule has 6 N–H and O–H groups in total. The average Bonchev–Trinajstić information content (AvgIpc) is 2.99. The van der Waals surface area contributed by atoms with E-state index in [1.165, 1.54) is 6.07 Å². The molecule has 1 aromatic heterocycles. The van der Waals surface area contributed by atoms with Crippen LogP contribution in [-0.4, -0.2) is 81.2 Å². The fourth-order valence-electron chi connectivity index (χ4n) is 3.76. The molecule has 32 heavy (non-hydrogen) atoms. The van der Waals surface area contributed by atoms with Gasteiger partial charge in [-0.2, -0.15) is 0 Å². The van der Waals surface area contributed by atoms with Crippen molar-refractivity contribution in [2.45, 2.75) is 43.7 Å². The van der Waals surface area contributed by atoms with Crippen molar-refractivity contribution in [2.24, 2.45) is 0 Å². The number of fused-ring (bicyclic) bond motifs is 3. The van der Waals surface area contributed by atoms with Crippen LogP contribution in [0, 0.1) is 0 Å². The molecule has 2 aliphatic rings. The maximum absolute atomic E-state index is 12.3. The first-order chi connectivity index (χ1) is 15.3. The molecule has 1 saturated heterocycles. The van der Waals surface area contributed by atoms with Gasteiger partial charge in [0.2, 0.25) is 0 Å². The largest absolute Gasteiger partial charge is 0.507 e. The molecule has 4 rings (SSSR count). The van der Waals surface area contributed by atoms with Gasteiger partial charge in [-0.05, 0) is 12.0 Å².